The van der Waals surface area contributed by atoms with Gasteiger partial charge in [-0.15, -0.1) is 0 Å². The minimum Gasteiger partial charge on any atom is -0.460 e. The number of hydrogen-bond donors (Lipinski definition) is 0. The van der Waals surface area contributed by atoms with Gasteiger partial charge in [0.25, 0.3) is 0 Å². The van der Waals surface area contributed by atoms with Crippen LogP contribution in [0.2, 0.25) is 0 Å². The zero-order valence-corrected chi connectivity index (χ0v) is 19.2. The summed E-state index contributed by atoms with van der Waals surface area (Å²) in [6.45, 7) is 0.455. The van der Waals surface area contributed by atoms with E-state index in [-0.39, 0.29) is 17.8 Å². The number of esters is 1. The molecule has 3 aliphatic rings. The van der Waals surface area contributed by atoms with Gasteiger partial charge in [0.05, 0.1) is 6.61 Å². The van der Waals surface area contributed by atoms with Crippen molar-refractivity contribution in [3.63, 3.8) is 0 Å². The summed E-state index contributed by atoms with van der Waals surface area (Å²) in [6, 6.07) is 10.4. The van der Waals surface area contributed by atoms with Crippen LogP contribution in [0.3, 0.4) is 0 Å². The fourth-order valence-corrected chi connectivity index (χ4v) is 4.87. The highest BCUT2D eigenvalue weighted by atomic mass is 16.7. The SMILES string of the molecule is COC1OC2=CC(c3ccccc3)C1CCCCCCCCCCCCCCOC2=O. The Kier molecular flexibility index (Phi) is 10.4. The molecule has 4 nitrogen and oxygen atoms in total. The molecule has 3 unspecified atom stereocenters. The lowest BCUT2D eigenvalue weighted by Gasteiger charge is -2.36. The zero-order valence-electron chi connectivity index (χ0n) is 19.2. The summed E-state index contributed by atoms with van der Waals surface area (Å²) in [5, 5.41) is 0. The molecular formula is C27H40O4. The molecule has 1 fully saturated rings. The number of carbonyl (C=O) groups excluding carboxylic acids is 1. The van der Waals surface area contributed by atoms with E-state index in [2.05, 4.69) is 24.3 Å². The highest BCUT2D eigenvalue weighted by Gasteiger charge is 2.37. The first-order chi connectivity index (χ1) is 15.3. The largest absolute Gasteiger partial charge is 0.460 e. The van der Waals surface area contributed by atoms with Gasteiger partial charge in [-0.05, 0) is 24.5 Å². The van der Waals surface area contributed by atoms with Crippen molar-refractivity contribution < 1.29 is 19.0 Å². The van der Waals surface area contributed by atoms with Gasteiger partial charge in [-0.25, -0.2) is 4.79 Å². The molecule has 0 aliphatic carbocycles. The minimum atomic E-state index is -0.427. The molecule has 1 saturated heterocycles. The Hall–Kier alpha value is -1.81. The maximum Gasteiger partial charge on any atom is 0.373 e. The van der Waals surface area contributed by atoms with Crippen LogP contribution in [0.4, 0.5) is 0 Å². The lowest BCUT2D eigenvalue weighted by Crippen LogP contribution is -2.36. The van der Waals surface area contributed by atoms with E-state index in [1.165, 1.54) is 63.4 Å². The highest BCUT2D eigenvalue weighted by molar-refractivity contribution is 5.86. The van der Waals surface area contributed by atoms with Gasteiger partial charge in [-0.1, -0.05) is 101 Å². The van der Waals surface area contributed by atoms with Crippen molar-refractivity contribution in [3.8, 4) is 0 Å². The van der Waals surface area contributed by atoms with Crippen molar-refractivity contribution in [2.24, 2.45) is 5.92 Å². The van der Waals surface area contributed by atoms with Crippen molar-refractivity contribution in [1.82, 2.24) is 0 Å². The molecular weight excluding hydrogens is 388 g/mol. The van der Waals surface area contributed by atoms with E-state index in [1.807, 2.05) is 12.1 Å². The van der Waals surface area contributed by atoms with Crippen LogP contribution in [-0.2, 0) is 19.0 Å². The Labute approximate surface area is 188 Å². The third kappa shape index (κ3) is 7.68. The highest BCUT2D eigenvalue weighted by Crippen LogP contribution is 2.39. The van der Waals surface area contributed by atoms with E-state index in [0.717, 1.165) is 25.7 Å². The first-order valence-electron chi connectivity index (χ1n) is 12.4. The van der Waals surface area contributed by atoms with Gasteiger partial charge in [0, 0.05) is 18.9 Å². The number of allylic oxidation sites excluding steroid dienone is 1. The van der Waals surface area contributed by atoms with Crippen molar-refractivity contribution in [2.75, 3.05) is 13.7 Å². The molecule has 3 atom stereocenters. The van der Waals surface area contributed by atoms with Gasteiger partial charge >= 0.3 is 5.97 Å². The summed E-state index contributed by atoms with van der Waals surface area (Å²) < 4.78 is 17.3. The number of ether oxygens (including phenoxy) is 3. The molecule has 0 spiro atoms. The number of hydrogen-bond acceptors (Lipinski definition) is 4. The fraction of sp³-hybridized carbons (Fsp3) is 0.667. The molecule has 0 amide bonds. The number of rotatable bonds is 2. The second-order valence-corrected chi connectivity index (χ2v) is 9.02. The van der Waals surface area contributed by atoms with Crippen LogP contribution in [0.25, 0.3) is 0 Å². The molecule has 3 heterocycles. The van der Waals surface area contributed by atoms with Crippen molar-refractivity contribution in [3.05, 3.63) is 47.7 Å². The Morgan fingerprint density at radius 2 is 1.39 bits per heavy atom. The van der Waals surface area contributed by atoms with Crippen molar-refractivity contribution in [1.29, 1.82) is 0 Å². The van der Waals surface area contributed by atoms with Crippen LogP contribution in [0.5, 0.6) is 0 Å². The molecule has 3 aliphatic heterocycles. The Morgan fingerprint density at radius 1 is 0.806 bits per heavy atom. The lowest BCUT2D eigenvalue weighted by atomic mass is 9.80. The van der Waals surface area contributed by atoms with Gasteiger partial charge < -0.3 is 14.2 Å². The number of benzene rings is 1. The maximum atomic E-state index is 12.7. The van der Waals surface area contributed by atoms with Crippen LogP contribution in [-0.4, -0.2) is 26.0 Å². The lowest BCUT2D eigenvalue weighted by molar-refractivity contribution is -0.168. The van der Waals surface area contributed by atoms with Crippen molar-refractivity contribution in [2.45, 2.75) is 95.7 Å². The Bertz CT molecular complexity index is 669. The summed E-state index contributed by atoms with van der Waals surface area (Å²) in [4.78, 5) is 12.7. The average molecular weight is 429 g/mol. The number of carbonyl (C=O) groups is 1. The van der Waals surface area contributed by atoms with Gasteiger partial charge in [0.2, 0.25) is 12.0 Å². The molecule has 2 bridgehead atoms. The van der Waals surface area contributed by atoms with Crippen LogP contribution in [0.1, 0.15) is 95.0 Å². The molecule has 0 N–H and O–H groups in total. The molecule has 4 heteroatoms. The van der Waals surface area contributed by atoms with E-state index >= 15 is 0 Å². The van der Waals surface area contributed by atoms with Crippen LogP contribution in [0.15, 0.2) is 42.2 Å². The Morgan fingerprint density at radius 3 is 2.00 bits per heavy atom. The second-order valence-electron chi connectivity index (χ2n) is 9.02. The predicted octanol–water partition coefficient (Wildman–Crippen LogP) is 6.90. The van der Waals surface area contributed by atoms with E-state index < -0.39 is 6.29 Å². The minimum absolute atomic E-state index is 0.0908. The van der Waals surface area contributed by atoms with Crippen LogP contribution >= 0.6 is 0 Å². The normalized spacial score (nSPS) is 27.6. The third-order valence-electron chi connectivity index (χ3n) is 6.67. The van der Waals surface area contributed by atoms with E-state index in [4.69, 9.17) is 14.2 Å². The quantitative estimate of drug-likeness (QED) is 0.481. The second kappa shape index (κ2) is 13.6. The number of fused-ring (bicyclic) bond motifs is 17. The standard InChI is InChI=1S/C27H40O4/c1-29-27-23-19-15-10-8-6-4-2-3-5-7-9-11-16-20-30-26(28)25(31-27)21-24(23)22-17-13-12-14-18-22/h12-14,17-18,21,23-24,27H,2-11,15-16,19-20H2,1H3. The van der Waals surface area contributed by atoms with Crippen molar-refractivity contribution >= 4 is 5.97 Å². The third-order valence-corrected chi connectivity index (χ3v) is 6.67. The van der Waals surface area contributed by atoms with Gasteiger partial charge in [0.1, 0.15) is 0 Å². The molecule has 1 aromatic carbocycles. The summed E-state index contributed by atoms with van der Waals surface area (Å²) in [5.41, 5.74) is 1.20. The molecule has 0 radical (unpaired) electrons. The average Bonchev–Trinajstić information content (AvgIpc) is 2.81. The molecule has 0 saturated carbocycles. The van der Waals surface area contributed by atoms with Gasteiger partial charge in [-0.2, -0.15) is 0 Å². The summed E-state index contributed by atoms with van der Waals surface area (Å²) >= 11 is 0. The number of methoxy groups -OCH3 is 1. The monoisotopic (exact) mass is 428 g/mol. The summed E-state index contributed by atoms with van der Waals surface area (Å²) in [6.07, 6.45) is 17.6. The van der Waals surface area contributed by atoms with Gasteiger partial charge in [0.15, 0.2) is 0 Å². The predicted molar refractivity (Wildman–Crippen MR) is 124 cm³/mol. The van der Waals surface area contributed by atoms with Gasteiger partial charge in [-0.3, -0.25) is 0 Å². The Balaban J connectivity index is 1.73. The smallest absolute Gasteiger partial charge is 0.373 e. The molecule has 0 aromatic heterocycles. The molecule has 172 valence electrons. The molecule has 31 heavy (non-hydrogen) atoms. The van der Waals surface area contributed by atoms with E-state index in [9.17, 15) is 4.79 Å². The van der Waals surface area contributed by atoms with E-state index in [1.54, 1.807) is 7.11 Å². The maximum absolute atomic E-state index is 12.7. The molecule has 4 rings (SSSR count). The first kappa shape index (κ1) is 23.8. The first-order valence-corrected chi connectivity index (χ1v) is 12.4. The molecule has 1 aromatic rings. The zero-order chi connectivity index (χ0) is 21.7. The van der Waals surface area contributed by atoms with E-state index in [0.29, 0.717) is 12.4 Å². The van der Waals surface area contributed by atoms with Crippen LogP contribution < -0.4 is 0 Å². The summed E-state index contributed by atoms with van der Waals surface area (Å²) in [5.74, 6) is 0.213. The fourth-order valence-electron chi connectivity index (χ4n) is 4.87. The topological polar surface area (TPSA) is 44.8 Å². The summed E-state index contributed by atoms with van der Waals surface area (Å²) in [7, 11) is 1.67. The van der Waals surface area contributed by atoms with Crippen LogP contribution in [0, 0.1) is 5.92 Å².